The van der Waals surface area contributed by atoms with Crippen molar-refractivity contribution < 1.29 is 0 Å². The Hall–Kier alpha value is -1.09. The molecule has 0 aliphatic carbocycles. The molecule has 0 aliphatic rings. The van der Waals surface area contributed by atoms with Gasteiger partial charge >= 0.3 is 0 Å². The number of benzene rings is 1. The summed E-state index contributed by atoms with van der Waals surface area (Å²) in [6.45, 7) is 4.34. The van der Waals surface area contributed by atoms with E-state index in [9.17, 15) is 0 Å². The molecular formula is C12H13BrN2. The molecule has 3 heteroatoms. The fraction of sp³-hybridized carbons (Fsp3) is 0.250. The average molecular weight is 265 g/mol. The highest BCUT2D eigenvalue weighted by Crippen LogP contribution is 2.17. The Morgan fingerprint density at radius 3 is 2.40 bits per heavy atom. The van der Waals surface area contributed by atoms with Crippen LogP contribution in [0.2, 0.25) is 0 Å². The number of rotatable bonds is 2. The van der Waals surface area contributed by atoms with E-state index in [2.05, 4.69) is 41.1 Å². The van der Waals surface area contributed by atoms with Crippen molar-refractivity contribution in [2.75, 3.05) is 0 Å². The Bertz CT molecular complexity index is 443. The number of hydrogen-bond donors (Lipinski definition) is 0. The van der Waals surface area contributed by atoms with E-state index in [1.165, 1.54) is 5.56 Å². The summed E-state index contributed by atoms with van der Waals surface area (Å²) in [5.41, 5.74) is 2.35. The van der Waals surface area contributed by atoms with Gasteiger partial charge in [-0.3, -0.25) is 0 Å². The molecule has 0 amide bonds. The average Bonchev–Trinajstić information content (AvgIpc) is 2.68. The van der Waals surface area contributed by atoms with Gasteiger partial charge in [0.1, 0.15) is 0 Å². The minimum atomic E-state index is 0.522. The van der Waals surface area contributed by atoms with Crippen molar-refractivity contribution >= 4 is 15.9 Å². The number of nitrogens with zero attached hydrogens (tertiary/aromatic N) is 2. The van der Waals surface area contributed by atoms with Crippen molar-refractivity contribution in [3.63, 3.8) is 0 Å². The first-order chi connectivity index (χ1) is 7.16. The van der Waals surface area contributed by atoms with Gasteiger partial charge in [-0.25, -0.2) is 4.68 Å². The van der Waals surface area contributed by atoms with E-state index in [1.54, 1.807) is 0 Å². The molecule has 0 bridgehead atoms. The van der Waals surface area contributed by atoms with Gasteiger partial charge in [0.2, 0.25) is 0 Å². The highest BCUT2D eigenvalue weighted by Gasteiger charge is 2.03. The molecule has 2 nitrogen and oxygen atoms in total. The highest BCUT2D eigenvalue weighted by atomic mass is 79.9. The SMILES string of the molecule is CC(C)c1cnn(-c2ccc(Br)cc2)c1. The van der Waals surface area contributed by atoms with Crippen LogP contribution in [0, 0.1) is 0 Å². The molecule has 1 aromatic carbocycles. The molecule has 0 atom stereocenters. The van der Waals surface area contributed by atoms with E-state index in [-0.39, 0.29) is 0 Å². The van der Waals surface area contributed by atoms with Crippen molar-refractivity contribution in [2.45, 2.75) is 19.8 Å². The first kappa shape index (κ1) is 10.4. The van der Waals surface area contributed by atoms with Gasteiger partial charge in [0.15, 0.2) is 0 Å². The van der Waals surface area contributed by atoms with Gasteiger partial charge in [0.05, 0.1) is 11.9 Å². The summed E-state index contributed by atoms with van der Waals surface area (Å²) in [4.78, 5) is 0. The third-order valence-electron chi connectivity index (χ3n) is 2.36. The highest BCUT2D eigenvalue weighted by molar-refractivity contribution is 9.10. The second kappa shape index (κ2) is 4.19. The molecule has 78 valence electrons. The van der Waals surface area contributed by atoms with Crippen LogP contribution in [0.15, 0.2) is 41.1 Å². The fourth-order valence-corrected chi connectivity index (χ4v) is 1.63. The topological polar surface area (TPSA) is 17.8 Å². The Labute approximate surface area is 98.1 Å². The molecule has 2 rings (SSSR count). The third-order valence-corrected chi connectivity index (χ3v) is 2.89. The van der Waals surface area contributed by atoms with Gasteiger partial charge in [-0.2, -0.15) is 5.10 Å². The Balaban J connectivity index is 2.33. The zero-order valence-corrected chi connectivity index (χ0v) is 10.4. The van der Waals surface area contributed by atoms with E-state index in [0.29, 0.717) is 5.92 Å². The first-order valence-electron chi connectivity index (χ1n) is 4.97. The maximum Gasteiger partial charge on any atom is 0.0646 e. The second-order valence-electron chi connectivity index (χ2n) is 3.85. The van der Waals surface area contributed by atoms with E-state index >= 15 is 0 Å². The molecule has 0 radical (unpaired) electrons. The predicted octanol–water partition coefficient (Wildman–Crippen LogP) is 3.76. The van der Waals surface area contributed by atoms with Crippen LogP contribution in [-0.2, 0) is 0 Å². The smallest absolute Gasteiger partial charge is 0.0646 e. The summed E-state index contributed by atoms with van der Waals surface area (Å²) in [5, 5.41) is 4.34. The minimum absolute atomic E-state index is 0.522. The summed E-state index contributed by atoms with van der Waals surface area (Å²) >= 11 is 3.42. The minimum Gasteiger partial charge on any atom is -0.241 e. The molecule has 1 heterocycles. The monoisotopic (exact) mass is 264 g/mol. The maximum atomic E-state index is 4.34. The molecular weight excluding hydrogens is 252 g/mol. The third kappa shape index (κ3) is 2.29. The lowest BCUT2D eigenvalue weighted by Crippen LogP contribution is -1.93. The van der Waals surface area contributed by atoms with Gasteiger partial charge < -0.3 is 0 Å². The molecule has 0 aliphatic heterocycles. The van der Waals surface area contributed by atoms with E-state index in [0.717, 1.165) is 10.2 Å². The molecule has 0 N–H and O–H groups in total. The molecule has 1 aromatic heterocycles. The summed E-state index contributed by atoms with van der Waals surface area (Å²) in [5.74, 6) is 0.522. The lowest BCUT2D eigenvalue weighted by Gasteiger charge is -2.01. The molecule has 2 aromatic rings. The zero-order valence-electron chi connectivity index (χ0n) is 8.81. The predicted molar refractivity (Wildman–Crippen MR) is 65.4 cm³/mol. The normalized spacial score (nSPS) is 10.9. The summed E-state index contributed by atoms with van der Waals surface area (Å²) in [6, 6.07) is 8.13. The molecule has 0 spiro atoms. The van der Waals surface area contributed by atoms with E-state index in [4.69, 9.17) is 0 Å². The molecule has 0 unspecified atom stereocenters. The maximum absolute atomic E-state index is 4.34. The van der Waals surface area contributed by atoms with E-state index in [1.807, 2.05) is 35.1 Å². The van der Waals surface area contributed by atoms with Gasteiger partial charge in [-0.1, -0.05) is 29.8 Å². The van der Waals surface area contributed by atoms with Crippen molar-refractivity contribution in [3.8, 4) is 5.69 Å². The van der Waals surface area contributed by atoms with Gasteiger partial charge in [-0.05, 0) is 35.7 Å². The van der Waals surface area contributed by atoms with Gasteiger partial charge in [-0.15, -0.1) is 0 Å². The Morgan fingerprint density at radius 2 is 1.87 bits per heavy atom. The number of aromatic nitrogens is 2. The zero-order chi connectivity index (χ0) is 10.8. The second-order valence-corrected chi connectivity index (χ2v) is 4.77. The van der Waals surface area contributed by atoms with Crippen molar-refractivity contribution in [1.29, 1.82) is 0 Å². The van der Waals surface area contributed by atoms with Crippen LogP contribution in [0.5, 0.6) is 0 Å². The van der Waals surface area contributed by atoms with Gasteiger partial charge in [0.25, 0.3) is 0 Å². The van der Waals surface area contributed by atoms with Crippen molar-refractivity contribution in [2.24, 2.45) is 0 Å². The first-order valence-corrected chi connectivity index (χ1v) is 5.76. The quantitative estimate of drug-likeness (QED) is 0.808. The van der Waals surface area contributed by atoms with Crippen LogP contribution in [-0.4, -0.2) is 9.78 Å². The van der Waals surface area contributed by atoms with Crippen LogP contribution < -0.4 is 0 Å². The van der Waals surface area contributed by atoms with Crippen LogP contribution >= 0.6 is 15.9 Å². The molecule has 0 fully saturated rings. The van der Waals surface area contributed by atoms with Crippen LogP contribution in [0.4, 0.5) is 0 Å². The van der Waals surface area contributed by atoms with Crippen LogP contribution in [0.3, 0.4) is 0 Å². The number of halogens is 1. The van der Waals surface area contributed by atoms with Crippen LogP contribution in [0.1, 0.15) is 25.3 Å². The molecule has 0 saturated heterocycles. The van der Waals surface area contributed by atoms with E-state index < -0.39 is 0 Å². The Morgan fingerprint density at radius 1 is 1.20 bits per heavy atom. The fourth-order valence-electron chi connectivity index (χ4n) is 1.37. The molecule has 0 saturated carbocycles. The molecule has 15 heavy (non-hydrogen) atoms. The van der Waals surface area contributed by atoms with Crippen molar-refractivity contribution in [3.05, 3.63) is 46.7 Å². The summed E-state index contributed by atoms with van der Waals surface area (Å²) in [6.07, 6.45) is 4.00. The largest absolute Gasteiger partial charge is 0.241 e. The van der Waals surface area contributed by atoms with Crippen LogP contribution in [0.25, 0.3) is 5.69 Å². The lowest BCUT2D eigenvalue weighted by molar-refractivity contribution is 0.858. The Kier molecular flexibility index (Phi) is 2.91. The standard InChI is InChI=1S/C12H13BrN2/c1-9(2)10-7-14-15(8-10)12-5-3-11(13)4-6-12/h3-9H,1-2H3. The lowest BCUT2D eigenvalue weighted by atomic mass is 10.1. The number of hydrogen-bond acceptors (Lipinski definition) is 1. The van der Waals surface area contributed by atoms with Crippen molar-refractivity contribution in [1.82, 2.24) is 9.78 Å². The summed E-state index contributed by atoms with van der Waals surface area (Å²) in [7, 11) is 0. The summed E-state index contributed by atoms with van der Waals surface area (Å²) < 4.78 is 2.99. The van der Waals surface area contributed by atoms with Gasteiger partial charge in [0, 0.05) is 10.7 Å².